The summed E-state index contributed by atoms with van der Waals surface area (Å²) in [6.45, 7) is 1.69. The number of benzene rings is 1. The predicted molar refractivity (Wildman–Crippen MR) is 80.0 cm³/mol. The zero-order valence-electron chi connectivity index (χ0n) is 12.9. The summed E-state index contributed by atoms with van der Waals surface area (Å²) in [5.41, 5.74) is -0.000433. The molecule has 1 aromatic heterocycles. The molecule has 0 saturated carbocycles. The molecular weight excluding hydrogens is 345 g/mol. The number of nitrogens with one attached hydrogen (secondary N) is 1. The largest absolute Gasteiger partial charge is 0.573 e. The monoisotopic (exact) mass is 358 g/mol. The minimum Gasteiger partial charge on any atom is -0.406 e. The van der Waals surface area contributed by atoms with E-state index >= 15 is 0 Å². The second-order valence-corrected chi connectivity index (χ2v) is 4.92. The average molecular weight is 358 g/mol. The molecule has 1 N–H and O–H groups in total. The number of anilines is 1. The number of nitrogens with zero attached hydrogens (tertiary/aromatic N) is 3. The fourth-order valence-corrected chi connectivity index (χ4v) is 2.05. The number of rotatable bonds is 6. The summed E-state index contributed by atoms with van der Waals surface area (Å²) in [7, 11) is 0. The second-order valence-electron chi connectivity index (χ2n) is 4.92. The highest BCUT2D eigenvalue weighted by atomic mass is 19.4. The molecular formula is C14H13F3N4O4. The quantitative estimate of drug-likeness (QED) is 0.631. The van der Waals surface area contributed by atoms with Crippen LogP contribution in [-0.4, -0.2) is 27.0 Å². The van der Waals surface area contributed by atoms with Crippen molar-refractivity contribution in [3.05, 3.63) is 46.8 Å². The summed E-state index contributed by atoms with van der Waals surface area (Å²) in [5.74, 6) is -0.926. The molecule has 0 bridgehead atoms. The summed E-state index contributed by atoms with van der Waals surface area (Å²) in [5, 5.41) is 17.0. The minimum atomic E-state index is -4.80. The molecule has 25 heavy (non-hydrogen) atoms. The number of ether oxygens (including phenoxy) is 1. The van der Waals surface area contributed by atoms with Crippen LogP contribution in [0.15, 0.2) is 36.7 Å². The van der Waals surface area contributed by atoms with Gasteiger partial charge in [-0.1, -0.05) is 6.92 Å². The van der Waals surface area contributed by atoms with Crippen LogP contribution in [0.25, 0.3) is 0 Å². The molecule has 1 unspecified atom stereocenters. The van der Waals surface area contributed by atoms with Gasteiger partial charge in [0.25, 0.3) is 0 Å². The van der Waals surface area contributed by atoms with Crippen molar-refractivity contribution in [1.29, 1.82) is 0 Å². The van der Waals surface area contributed by atoms with Gasteiger partial charge < -0.3 is 10.1 Å². The SMILES string of the molecule is CCC(C(=O)Nc1ccc(OC(F)(F)F)cc1)n1cc([N+](=O)[O-])cn1. The molecule has 0 radical (unpaired) electrons. The lowest BCUT2D eigenvalue weighted by Gasteiger charge is -2.15. The van der Waals surface area contributed by atoms with Crippen LogP contribution in [0, 0.1) is 10.1 Å². The van der Waals surface area contributed by atoms with Crippen LogP contribution in [0.3, 0.4) is 0 Å². The van der Waals surface area contributed by atoms with E-state index in [0.717, 1.165) is 29.2 Å². The topological polar surface area (TPSA) is 99.3 Å². The van der Waals surface area contributed by atoms with Crippen molar-refractivity contribution in [3.63, 3.8) is 0 Å². The van der Waals surface area contributed by atoms with Gasteiger partial charge in [0.15, 0.2) is 0 Å². The molecule has 0 saturated heterocycles. The molecule has 0 spiro atoms. The number of carbonyl (C=O) groups excluding carboxylic acids is 1. The Morgan fingerprint density at radius 2 is 2.04 bits per heavy atom. The van der Waals surface area contributed by atoms with Gasteiger partial charge in [-0.2, -0.15) is 5.10 Å². The Morgan fingerprint density at radius 1 is 1.40 bits per heavy atom. The maximum absolute atomic E-state index is 12.3. The highest BCUT2D eigenvalue weighted by molar-refractivity contribution is 5.93. The van der Waals surface area contributed by atoms with E-state index in [0.29, 0.717) is 6.42 Å². The van der Waals surface area contributed by atoms with Gasteiger partial charge in [-0.25, -0.2) is 0 Å². The number of aromatic nitrogens is 2. The Hall–Kier alpha value is -3.11. The van der Waals surface area contributed by atoms with E-state index < -0.39 is 29.0 Å². The third-order valence-corrected chi connectivity index (χ3v) is 3.16. The van der Waals surface area contributed by atoms with E-state index in [2.05, 4.69) is 15.2 Å². The number of hydrogen-bond donors (Lipinski definition) is 1. The molecule has 8 nitrogen and oxygen atoms in total. The third kappa shape index (κ3) is 4.93. The number of halogens is 3. The van der Waals surface area contributed by atoms with Gasteiger partial charge >= 0.3 is 12.0 Å². The number of carbonyl (C=O) groups is 1. The molecule has 2 aromatic rings. The standard InChI is InChI=1S/C14H13F3N4O4/c1-2-12(20-8-10(7-18-20)21(23)24)13(22)19-9-3-5-11(6-4-9)25-14(15,16)17/h3-8,12H,2H2,1H3,(H,19,22). The van der Waals surface area contributed by atoms with Crippen LogP contribution in [0.2, 0.25) is 0 Å². The summed E-state index contributed by atoms with van der Waals surface area (Å²) < 4.78 is 41.2. The molecule has 0 fully saturated rings. The molecule has 134 valence electrons. The van der Waals surface area contributed by atoms with E-state index in [9.17, 15) is 28.1 Å². The first-order valence-corrected chi connectivity index (χ1v) is 7.05. The maximum Gasteiger partial charge on any atom is 0.573 e. The Labute approximate surface area is 139 Å². The van der Waals surface area contributed by atoms with Crippen molar-refractivity contribution in [2.24, 2.45) is 0 Å². The average Bonchev–Trinajstić information content (AvgIpc) is 2.98. The lowest BCUT2D eigenvalue weighted by atomic mass is 10.2. The molecule has 1 amide bonds. The molecule has 0 aliphatic carbocycles. The second kappa shape index (κ2) is 7.20. The van der Waals surface area contributed by atoms with E-state index in [1.807, 2.05) is 0 Å². The van der Waals surface area contributed by atoms with Crippen molar-refractivity contribution in [1.82, 2.24) is 9.78 Å². The van der Waals surface area contributed by atoms with Crippen LogP contribution >= 0.6 is 0 Å². The summed E-state index contributed by atoms with van der Waals surface area (Å²) in [6.07, 6.45) is -2.33. The fraction of sp³-hybridized carbons (Fsp3) is 0.286. The molecule has 2 rings (SSSR count). The van der Waals surface area contributed by atoms with E-state index in [4.69, 9.17) is 0 Å². The van der Waals surface area contributed by atoms with Crippen LogP contribution in [0.1, 0.15) is 19.4 Å². The first kappa shape index (κ1) is 18.2. The highest BCUT2D eigenvalue weighted by Crippen LogP contribution is 2.24. The Balaban J connectivity index is 2.07. The third-order valence-electron chi connectivity index (χ3n) is 3.16. The minimum absolute atomic E-state index is 0.250. The number of alkyl halides is 3. The van der Waals surface area contributed by atoms with Crippen molar-refractivity contribution >= 4 is 17.3 Å². The van der Waals surface area contributed by atoms with Gasteiger partial charge in [0, 0.05) is 5.69 Å². The number of amides is 1. The van der Waals surface area contributed by atoms with Crippen LogP contribution in [0.5, 0.6) is 5.75 Å². The van der Waals surface area contributed by atoms with Crippen LogP contribution in [-0.2, 0) is 4.79 Å². The fourth-order valence-electron chi connectivity index (χ4n) is 2.05. The predicted octanol–water partition coefficient (Wildman–Crippen LogP) is 3.28. The van der Waals surface area contributed by atoms with Gasteiger partial charge in [0.1, 0.15) is 24.2 Å². The van der Waals surface area contributed by atoms with Crippen LogP contribution < -0.4 is 10.1 Å². The van der Waals surface area contributed by atoms with Gasteiger partial charge in [-0.05, 0) is 30.7 Å². The molecule has 1 aromatic carbocycles. The summed E-state index contributed by atoms with van der Waals surface area (Å²) in [6, 6.07) is 3.81. The van der Waals surface area contributed by atoms with Crippen LogP contribution in [0.4, 0.5) is 24.5 Å². The van der Waals surface area contributed by atoms with Crippen molar-refractivity contribution < 1.29 is 27.6 Å². The van der Waals surface area contributed by atoms with Gasteiger partial charge in [-0.3, -0.25) is 19.6 Å². The normalized spacial score (nSPS) is 12.5. The number of hydrogen-bond acceptors (Lipinski definition) is 5. The Bertz CT molecular complexity index is 758. The van der Waals surface area contributed by atoms with Crippen molar-refractivity contribution in [3.8, 4) is 5.75 Å². The molecule has 1 heterocycles. The van der Waals surface area contributed by atoms with E-state index in [1.54, 1.807) is 6.92 Å². The Morgan fingerprint density at radius 3 is 2.52 bits per heavy atom. The first-order chi connectivity index (χ1) is 11.7. The van der Waals surface area contributed by atoms with Gasteiger partial charge in [0.2, 0.25) is 5.91 Å². The smallest absolute Gasteiger partial charge is 0.406 e. The zero-order valence-corrected chi connectivity index (χ0v) is 12.9. The highest BCUT2D eigenvalue weighted by Gasteiger charge is 2.31. The lowest BCUT2D eigenvalue weighted by molar-refractivity contribution is -0.385. The molecule has 1 atom stereocenters. The van der Waals surface area contributed by atoms with Gasteiger partial charge in [0.05, 0.1) is 4.92 Å². The van der Waals surface area contributed by atoms with E-state index in [1.165, 1.54) is 12.1 Å². The molecule has 0 aliphatic rings. The lowest BCUT2D eigenvalue weighted by Crippen LogP contribution is -2.26. The Kier molecular flexibility index (Phi) is 5.25. The van der Waals surface area contributed by atoms with Crippen molar-refractivity contribution in [2.45, 2.75) is 25.7 Å². The molecule has 11 heteroatoms. The summed E-state index contributed by atoms with van der Waals surface area (Å²) >= 11 is 0. The van der Waals surface area contributed by atoms with Gasteiger partial charge in [-0.15, -0.1) is 13.2 Å². The maximum atomic E-state index is 12.3. The van der Waals surface area contributed by atoms with E-state index in [-0.39, 0.29) is 11.4 Å². The molecule has 0 aliphatic heterocycles. The summed E-state index contributed by atoms with van der Waals surface area (Å²) in [4.78, 5) is 22.3. The zero-order chi connectivity index (χ0) is 18.6. The first-order valence-electron chi connectivity index (χ1n) is 7.05. The number of nitro groups is 1. The van der Waals surface area contributed by atoms with Crippen molar-refractivity contribution in [2.75, 3.05) is 5.32 Å².